The summed E-state index contributed by atoms with van der Waals surface area (Å²) in [6.07, 6.45) is 0.0733. The average Bonchev–Trinajstić information content (AvgIpc) is 2.52. The summed E-state index contributed by atoms with van der Waals surface area (Å²) in [4.78, 5) is 12.6. The number of esters is 1. The largest absolute Gasteiger partial charge is 0.466 e. The lowest BCUT2D eigenvalue weighted by Crippen LogP contribution is -2.24. The Morgan fingerprint density at radius 1 is 1.47 bits per heavy atom. The highest BCUT2D eigenvalue weighted by atomic mass is 16.5. The first-order chi connectivity index (χ1) is 6.93. The van der Waals surface area contributed by atoms with E-state index in [1.54, 1.807) is 6.92 Å². The molecule has 0 saturated carbocycles. The number of hydrogen-bond donors (Lipinski definition) is 0. The van der Waals surface area contributed by atoms with Crippen molar-refractivity contribution in [3.63, 3.8) is 0 Å². The van der Waals surface area contributed by atoms with Crippen LogP contribution >= 0.6 is 0 Å². The van der Waals surface area contributed by atoms with E-state index in [9.17, 15) is 4.79 Å². The molecule has 6 heteroatoms. The normalized spacial score (nSPS) is 11.5. The van der Waals surface area contributed by atoms with E-state index >= 15 is 0 Å². The van der Waals surface area contributed by atoms with Crippen molar-refractivity contribution in [3.8, 4) is 0 Å². The van der Waals surface area contributed by atoms with Gasteiger partial charge in [0.1, 0.15) is 6.42 Å². The molecule has 1 aromatic heterocycles. The van der Waals surface area contributed by atoms with Crippen LogP contribution in [0.4, 0.5) is 0 Å². The molecule has 6 nitrogen and oxygen atoms in total. The molecule has 0 aliphatic heterocycles. The molecule has 0 radical (unpaired) electrons. The molecule has 1 aromatic rings. The van der Waals surface area contributed by atoms with Gasteiger partial charge >= 0.3 is 5.97 Å². The fourth-order valence-electron chi connectivity index (χ4n) is 0.939. The zero-order valence-electron chi connectivity index (χ0n) is 9.52. The Morgan fingerprint density at radius 2 is 2.13 bits per heavy atom. The van der Waals surface area contributed by atoms with Crippen molar-refractivity contribution in [1.82, 2.24) is 20.2 Å². The van der Waals surface area contributed by atoms with E-state index in [0.29, 0.717) is 12.4 Å². The van der Waals surface area contributed by atoms with Crippen molar-refractivity contribution in [2.75, 3.05) is 6.61 Å². The van der Waals surface area contributed by atoms with Gasteiger partial charge in [0.2, 0.25) is 0 Å². The maximum Gasteiger partial charge on any atom is 0.313 e. The Kier molecular flexibility index (Phi) is 3.39. The zero-order chi connectivity index (χ0) is 11.5. The van der Waals surface area contributed by atoms with Crippen LogP contribution in [-0.2, 0) is 21.5 Å². The van der Waals surface area contributed by atoms with Gasteiger partial charge in [0.25, 0.3) is 0 Å². The van der Waals surface area contributed by atoms with Crippen LogP contribution in [0.15, 0.2) is 0 Å². The molecular weight excluding hydrogens is 196 g/mol. The van der Waals surface area contributed by atoms with Crippen molar-refractivity contribution in [1.29, 1.82) is 0 Å². The summed E-state index contributed by atoms with van der Waals surface area (Å²) in [6.45, 7) is 8.01. The van der Waals surface area contributed by atoms with Crippen LogP contribution in [0, 0.1) is 0 Å². The van der Waals surface area contributed by atoms with E-state index < -0.39 is 0 Å². The topological polar surface area (TPSA) is 69.9 Å². The molecule has 0 atom stereocenters. The standard InChI is InChI=1S/C9H16N4O2/c1-5-15-8(14)6-7-10-12-13(11-7)9(2,3)4/h5-6H2,1-4H3. The fourth-order valence-corrected chi connectivity index (χ4v) is 0.939. The minimum Gasteiger partial charge on any atom is -0.466 e. The third-order valence-electron chi connectivity index (χ3n) is 1.66. The minimum absolute atomic E-state index is 0.0733. The quantitative estimate of drug-likeness (QED) is 0.684. The number of carbonyl (C=O) groups excluding carboxylic acids is 1. The van der Waals surface area contributed by atoms with Crippen molar-refractivity contribution in [2.45, 2.75) is 39.7 Å². The summed E-state index contributed by atoms with van der Waals surface area (Å²) >= 11 is 0. The molecule has 0 amide bonds. The summed E-state index contributed by atoms with van der Waals surface area (Å²) < 4.78 is 4.78. The fraction of sp³-hybridized carbons (Fsp3) is 0.778. The summed E-state index contributed by atoms with van der Waals surface area (Å²) in [6, 6.07) is 0. The predicted octanol–water partition coefficient (Wildman–Crippen LogP) is 0.534. The summed E-state index contributed by atoms with van der Waals surface area (Å²) in [5.41, 5.74) is -0.222. The molecule has 0 aromatic carbocycles. The van der Waals surface area contributed by atoms with Gasteiger partial charge in [0.15, 0.2) is 5.82 Å². The third-order valence-corrected chi connectivity index (χ3v) is 1.66. The van der Waals surface area contributed by atoms with Crippen LogP contribution in [-0.4, -0.2) is 32.8 Å². The average molecular weight is 212 g/mol. The van der Waals surface area contributed by atoms with Gasteiger partial charge in [0, 0.05) is 0 Å². The first-order valence-corrected chi connectivity index (χ1v) is 4.88. The lowest BCUT2D eigenvalue weighted by Gasteiger charge is -2.15. The Balaban J connectivity index is 2.65. The Morgan fingerprint density at radius 3 is 2.60 bits per heavy atom. The maximum atomic E-state index is 11.1. The Hall–Kier alpha value is -1.46. The lowest BCUT2D eigenvalue weighted by molar-refractivity contribution is -0.142. The van der Waals surface area contributed by atoms with Gasteiger partial charge in [-0.2, -0.15) is 4.80 Å². The lowest BCUT2D eigenvalue weighted by atomic mass is 10.1. The monoisotopic (exact) mass is 212 g/mol. The highest BCUT2D eigenvalue weighted by Gasteiger charge is 2.18. The number of rotatable bonds is 3. The van der Waals surface area contributed by atoms with E-state index in [-0.39, 0.29) is 17.9 Å². The van der Waals surface area contributed by atoms with Gasteiger partial charge in [-0.05, 0) is 32.9 Å². The van der Waals surface area contributed by atoms with E-state index in [0.717, 1.165) is 0 Å². The van der Waals surface area contributed by atoms with Gasteiger partial charge < -0.3 is 4.74 Å². The number of carbonyl (C=O) groups is 1. The maximum absolute atomic E-state index is 11.1. The van der Waals surface area contributed by atoms with Crippen molar-refractivity contribution >= 4 is 5.97 Å². The van der Waals surface area contributed by atoms with Gasteiger partial charge in [0.05, 0.1) is 12.1 Å². The third kappa shape index (κ3) is 3.30. The number of ether oxygens (including phenoxy) is 1. The first kappa shape index (κ1) is 11.6. The van der Waals surface area contributed by atoms with E-state index in [4.69, 9.17) is 4.74 Å². The summed E-state index contributed by atoms with van der Waals surface area (Å²) in [5.74, 6) is 0.0642. The smallest absolute Gasteiger partial charge is 0.313 e. The second-order valence-corrected chi connectivity index (χ2v) is 4.15. The van der Waals surface area contributed by atoms with Crippen LogP contribution in [0.1, 0.15) is 33.5 Å². The van der Waals surface area contributed by atoms with Crippen LogP contribution in [0.2, 0.25) is 0 Å². The van der Waals surface area contributed by atoms with E-state index in [2.05, 4.69) is 15.4 Å². The molecule has 0 aliphatic rings. The van der Waals surface area contributed by atoms with Gasteiger partial charge in [-0.3, -0.25) is 4.79 Å². The highest BCUT2D eigenvalue weighted by molar-refractivity contribution is 5.71. The predicted molar refractivity (Wildman–Crippen MR) is 53.2 cm³/mol. The molecule has 0 saturated heterocycles. The Labute approximate surface area is 88.6 Å². The van der Waals surface area contributed by atoms with E-state index in [1.165, 1.54) is 4.80 Å². The Bertz CT molecular complexity index is 340. The number of hydrogen-bond acceptors (Lipinski definition) is 5. The van der Waals surface area contributed by atoms with Crippen molar-refractivity contribution in [3.05, 3.63) is 5.82 Å². The molecule has 0 N–H and O–H groups in total. The highest BCUT2D eigenvalue weighted by Crippen LogP contribution is 2.09. The van der Waals surface area contributed by atoms with Gasteiger partial charge in [-0.25, -0.2) is 0 Å². The second kappa shape index (κ2) is 4.37. The van der Waals surface area contributed by atoms with Crippen LogP contribution in [0.5, 0.6) is 0 Å². The molecule has 84 valence electrons. The van der Waals surface area contributed by atoms with Crippen LogP contribution in [0.3, 0.4) is 0 Å². The van der Waals surface area contributed by atoms with Crippen molar-refractivity contribution in [2.24, 2.45) is 0 Å². The molecule has 1 rings (SSSR count). The van der Waals surface area contributed by atoms with Gasteiger partial charge in [-0.15, -0.1) is 10.2 Å². The molecule has 0 spiro atoms. The summed E-state index contributed by atoms with van der Waals surface area (Å²) in [5, 5.41) is 11.8. The molecule has 0 bridgehead atoms. The molecule has 0 aliphatic carbocycles. The van der Waals surface area contributed by atoms with Crippen LogP contribution < -0.4 is 0 Å². The zero-order valence-corrected chi connectivity index (χ0v) is 9.52. The van der Waals surface area contributed by atoms with E-state index in [1.807, 2.05) is 20.8 Å². The molecular formula is C9H16N4O2. The van der Waals surface area contributed by atoms with Gasteiger partial charge in [-0.1, -0.05) is 0 Å². The van der Waals surface area contributed by atoms with Crippen LogP contribution in [0.25, 0.3) is 0 Å². The summed E-state index contributed by atoms with van der Waals surface area (Å²) in [7, 11) is 0. The molecule has 0 fully saturated rings. The molecule has 15 heavy (non-hydrogen) atoms. The molecule has 0 unspecified atom stereocenters. The minimum atomic E-state index is -0.328. The van der Waals surface area contributed by atoms with Crippen molar-refractivity contribution < 1.29 is 9.53 Å². The SMILES string of the molecule is CCOC(=O)Cc1nnn(C(C)(C)C)n1. The number of aromatic nitrogens is 4. The second-order valence-electron chi connectivity index (χ2n) is 4.15. The first-order valence-electron chi connectivity index (χ1n) is 4.88. The molecule has 1 heterocycles. The number of nitrogens with zero attached hydrogens (tertiary/aromatic N) is 4. The number of tetrazole rings is 1.